The Morgan fingerprint density at radius 3 is 1.45 bits per heavy atom. The number of carbonyl (C=O) groups excluding carboxylic acids is 18. The van der Waals surface area contributed by atoms with Crippen LogP contribution in [0, 0.1) is 5.41 Å². The molecule has 52 nitrogen and oxygen atoms in total. The number of aromatic hydroxyl groups is 2. The minimum absolute atomic E-state index is 0.0249. The molecule has 0 saturated heterocycles. The summed E-state index contributed by atoms with van der Waals surface area (Å²) in [6, 6.07) is 3.71. The first-order valence-electron chi connectivity index (χ1n) is 48.5. The fraction of sp³-hybridized carbons (Fsp3) is 0.474. The maximum absolute atomic E-state index is 14.7. The SMILES string of the molecule is CCN(CCCC(C)Nc1ccnc2cc(Cl)ccc12)CCOC(=O)NC(=N)NCCC[C@H](NC(=O)[C@H](CCCCN)NC(=O)[C@@H](N)CCC(N)=O)C(=O)N[C@@H](C)C(=O)N[C@@H](C)C(=O)N[C@@H](Cc1ccc(O)cc1)C(=O)N[C@@H](CC(=O)O)C(=O)N[C@@H](CCC(N)=O)C(=O)N[C@@H](Cc1ccc(O)cc1)C(=O)NCC(=O)N[C@@H](Cc1cnc[nH]1)C(=O)N[C@@H](C)C(=O)N[C@@H](C)C(=O)N[C@@H](Cc1ccccc1)C(=O)NC(CCC(=O)O)C(N)=O. The summed E-state index contributed by atoms with van der Waals surface area (Å²) in [7, 11) is 0. The number of aliphatic carboxylic acids is 2. The van der Waals surface area contributed by atoms with Crippen molar-refractivity contribution in [2.24, 2.45) is 28.7 Å². The number of aromatic amines is 1. The third-order valence-electron chi connectivity index (χ3n) is 23.4. The number of hydrogen-bond donors (Lipinski definition) is 28. The molecule has 150 heavy (non-hydrogen) atoms. The third-order valence-corrected chi connectivity index (χ3v) is 23.6. The Hall–Kier alpha value is -16.3. The second-order valence-corrected chi connectivity index (χ2v) is 36.1. The molecule has 6 aromatic rings. The number of aromatic nitrogens is 3. The highest BCUT2D eigenvalue weighted by Gasteiger charge is 2.38. The largest absolute Gasteiger partial charge is 0.508 e. The molecule has 0 radical (unpaired) electrons. The number of fused-ring (bicyclic) bond motifs is 1. The lowest BCUT2D eigenvalue weighted by atomic mass is 10.0. The van der Waals surface area contributed by atoms with Crippen molar-refractivity contribution in [3.63, 3.8) is 0 Å². The highest BCUT2D eigenvalue weighted by atomic mass is 35.5. The lowest BCUT2D eigenvalue weighted by Crippen LogP contribution is -2.60. The molecule has 0 saturated carbocycles. The van der Waals surface area contributed by atoms with Gasteiger partial charge in [-0.3, -0.25) is 107 Å². The molecule has 0 fully saturated rings. The number of unbranched alkanes of at least 4 members (excludes halogenated alkanes) is 1. The van der Waals surface area contributed by atoms with Crippen LogP contribution in [0.2, 0.25) is 5.02 Å². The fourth-order valence-electron chi connectivity index (χ4n) is 14.9. The van der Waals surface area contributed by atoms with Crippen molar-refractivity contribution in [2.75, 3.05) is 51.2 Å². The highest BCUT2D eigenvalue weighted by Crippen LogP contribution is 2.26. The monoisotopic (exact) mass is 2110 g/mol. The summed E-state index contributed by atoms with van der Waals surface area (Å²) in [4.78, 5) is 284. The number of nitrogens with zero attached hydrogens (tertiary/aromatic N) is 3. The van der Waals surface area contributed by atoms with Crippen LogP contribution in [-0.2, 0) is 122 Å². The molecule has 33 N–H and O–H groups in total. The summed E-state index contributed by atoms with van der Waals surface area (Å²) in [5.41, 5.74) is 31.0. The van der Waals surface area contributed by atoms with Crippen LogP contribution in [0.4, 0.5) is 10.5 Å². The number of benzene rings is 4. The second-order valence-electron chi connectivity index (χ2n) is 35.6. The van der Waals surface area contributed by atoms with Crippen molar-refractivity contribution in [1.29, 1.82) is 5.41 Å². The number of hydrogen-bond acceptors (Lipinski definition) is 30. The van der Waals surface area contributed by atoms with E-state index in [1.165, 1.54) is 81.8 Å². The first-order chi connectivity index (χ1) is 71.2. The number of ether oxygens (including phenoxy) is 1. The van der Waals surface area contributed by atoms with Gasteiger partial charge >= 0.3 is 18.0 Å². The van der Waals surface area contributed by atoms with Crippen molar-refractivity contribution in [1.82, 2.24) is 105 Å². The van der Waals surface area contributed by atoms with Crippen LogP contribution in [0.25, 0.3) is 10.9 Å². The Morgan fingerprint density at radius 1 is 0.467 bits per heavy atom. The van der Waals surface area contributed by atoms with Crippen LogP contribution >= 0.6 is 11.6 Å². The molecule has 0 bridgehead atoms. The number of nitrogens with one attached hydrogen (secondary N) is 19. The van der Waals surface area contributed by atoms with Crippen LogP contribution in [0.15, 0.2) is 122 Å². The normalized spacial score (nSPS) is 14.0. The molecule has 2 unspecified atom stereocenters. The highest BCUT2D eigenvalue weighted by molar-refractivity contribution is 6.31. The smallest absolute Gasteiger partial charge is 0.413 e. The van der Waals surface area contributed by atoms with Crippen molar-refractivity contribution in [2.45, 2.75) is 248 Å². The van der Waals surface area contributed by atoms with E-state index in [-0.39, 0.29) is 112 Å². The number of amides is 18. The van der Waals surface area contributed by atoms with Crippen LogP contribution in [0.5, 0.6) is 11.5 Å². The minimum Gasteiger partial charge on any atom is -0.508 e. The van der Waals surface area contributed by atoms with Crippen LogP contribution in [0.1, 0.15) is 154 Å². The topological polar surface area (TPSA) is 835 Å². The molecule has 4 aromatic carbocycles. The number of imidazole rings is 1. The van der Waals surface area contributed by atoms with E-state index in [9.17, 15) is 116 Å². The maximum atomic E-state index is 14.7. The van der Waals surface area contributed by atoms with Crippen LogP contribution in [0.3, 0.4) is 0 Å². The molecule has 816 valence electrons. The number of nitrogens with two attached hydrogens (primary N) is 5. The molecule has 0 aliphatic heterocycles. The molecule has 53 heteroatoms. The Bertz CT molecular complexity index is 5620. The van der Waals surface area contributed by atoms with Gasteiger partial charge in [0.15, 0.2) is 5.96 Å². The molecule has 0 spiro atoms. The molecule has 15 atom stereocenters. The van der Waals surface area contributed by atoms with Gasteiger partial charge in [-0.1, -0.05) is 73.1 Å². The van der Waals surface area contributed by atoms with E-state index >= 15 is 0 Å². The zero-order valence-corrected chi connectivity index (χ0v) is 84.6. The van der Waals surface area contributed by atoms with Gasteiger partial charge in [-0.2, -0.15) is 0 Å². The number of likely N-dealkylation sites (N-methyl/N-ethyl adjacent to an activating group) is 1. The van der Waals surface area contributed by atoms with Gasteiger partial charge in [0, 0.05) is 98.3 Å². The number of guanidine groups is 1. The number of phenolic OH excluding ortho intramolecular Hbond substituents is 2. The standard InChI is InChI=1S/C97H136ClN27O25/c1-7-125(40-14-15-52(2)110-66-36-39-106-71-46-60(98)24-29-64(66)71)41-42-150-97(149)124-96(104)107-38-13-19-69(118-90(143)68(18-11-12-37-99)117-87(140)65(100)30-33-77(101)128)89(142)113-53(3)83(136)111-56(6)86(139)121-74(45-59-22-27-63(127)28-23-59)94(147)123-76(48-81(133)134)95(148)119-70(31-34-78(102)129)91(144)122-72(44-58-20-25-62(126)26-21-58)88(141)108-50-79(130)115-75(47-61-49-105-51-109-61)92(145)114-54(4)84(137)112-55(5)85(138)120-73(43-57-16-9-8-10-17-57)93(146)116-67(82(103)135)32-35-80(131)132/h8-10,16-17,20-29,36,39,46,49,51-56,65,67-70,72-76,126-127H,7,11-15,18-19,30-35,37-38,40-45,47-48,50,99-100H2,1-6H3,(H2,101,128)(H2,102,129)(H2,103,135)(H,105,109)(H,106,110)(H,108,141)(H,111,136)(H,112,137)(H,113,142)(H,114,145)(H,115,130)(H,116,146)(H,117,140)(H,118,143)(H,119,148)(H,120,138)(H,121,139)(H,122,144)(H,123,147)(H,131,132)(H,133,134)(H3,104,107,124,149)/t52?,53-,54-,55-,56-,65-,67?,68-,69-,70-,72-,73-,74-,75-,76-/m0/s1. The average Bonchev–Trinajstić information content (AvgIpc) is 1.01. The van der Waals surface area contributed by atoms with E-state index in [0.29, 0.717) is 36.6 Å². The van der Waals surface area contributed by atoms with Gasteiger partial charge in [0.2, 0.25) is 100 Å². The summed E-state index contributed by atoms with van der Waals surface area (Å²) >= 11 is 6.18. The quantitative estimate of drug-likeness (QED) is 0.00990. The number of pyridine rings is 1. The Kier molecular flexibility index (Phi) is 51.7. The number of carboxylic acid groups (broad SMARTS) is 2. The van der Waals surface area contributed by atoms with E-state index in [0.717, 1.165) is 36.4 Å². The number of H-pyrrole nitrogens is 1. The molecule has 2 aromatic heterocycles. The molecule has 18 amide bonds. The number of anilines is 1. The van der Waals surface area contributed by atoms with E-state index in [1.807, 2.05) is 19.1 Å². The number of carboxylic acids is 2. The Balaban J connectivity index is 1.12. The minimum atomic E-state index is -2.17. The Morgan fingerprint density at radius 2 is 0.927 bits per heavy atom. The second kappa shape index (κ2) is 63.3. The van der Waals surface area contributed by atoms with Gasteiger partial charge in [-0.05, 0) is 184 Å². The van der Waals surface area contributed by atoms with Crippen molar-refractivity contribution >= 4 is 153 Å². The van der Waals surface area contributed by atoms with E-state index < -0.39 is 254 Å². The lowest BCUT2D eigenvalue weighted by Gasteiger charge is -2.27. The number of carbonyl (C=O) groups is 20. The first kappa shape index (κ1) is 122. The van der Waals surface area contributed by atoms with Gasteiger partial charge in [0.25, 0.3) is 0 Å². The number of alkyl carbamates (subject to hydrolysis) is 1. The van der Waals surface area contributed by atoms with Gasteiger partial charge < -0.3 is 149 Å². The maximum Gasteiger partial charge on any atom is 0.413 e. The summed E-state index contributed by atoms with van der Waals surface area (Å²) in [6.07, 6.45) is -0.0519. The summed E-state index contributed by atoms with van der Waals surface area (Å²) in [6.45, 7) is 9.69. The summed E-state index contributed by atoms with van der Waals surface area (Å²) < 4.78 is 5.39. The van der Waals surface area contributed by atoms with E-state index in [4.69, 9.17) is 50.4 Å². The first-order valence-corrected chi connectivity index (χ1v) is 48.9. The lowest BCUT2D eigenvalue weighted by molar-refractivity contribution is -0.141. The summed E-state index contributed by atoms with van der Waals surface area (Å²) in [5.74, 6) is -21.6. The number of phenols is 2. The number of halogens is 1. The number of primary amides is 3. The van der Waals surface area contributed by atoms with Crippen LogP contribution < -0.4 is 119 Å². The van der Waals surface area contributed by atoms with Gasteiger partial charge in [0.05, 0.1) is 30.9 Å². The fourth-order valence-corrected chi connectivity index (χ4v) is 15.1. The summed E-state index contributed by atoms with van der Waals surface area (Å²) in [5, 5.41) is 92.3. The van der Waals surface area contributed by atoms with Crippen molar-refractivity contribution in [3.05, 3.63) is 149 Å². The number of rotatable bonds is 66. The molecule has 6 rings (SSSR count). The van der Waals surface area contributed by atoms with Crippen molar-refractivity contribution < 1.29 is 121 Å². The predicted octanol–water partition coefficient (Wildman–Crippen LogP) is -3.76. The average molecular weight is 2120 g/mol. The molecule has 0 aliphatic rings. The van der Waals surface area contributed by atoms with Crippen LogP contribution in [-0.4, -0.2) is 301 Å². The zero-order chi connectivity index (χ0) is 111. The predicted molar refractivity (Wildman–Crippen MR) is 544 cm³/mol. The molecule has 2 heterocycles. The van der Waals surface area contributed by atoms with E-state index in [2.05, 4.69) is 117 Å². The van der Waals surface area contributed by atoms with Crippen molar-refractivity contribution in [3.8, 4) is 11.5 Å². The molecular formula is C97H136ClN27O25. The Labute approximate surface area is 868 Å². The molecule has 0 aliphatic carbocycles. The van der Waals surface area contributed by atoms with Gasteiger partial charge in [-0.15, -0.1) is 0 Å². The zero-order valence-electron chi connectivity index (χ0n) is 83.9. The molecular weight excluding hydrogens is 1980 g/mol. The van der Waals surface area contributed by atoms with Gasteiger partial charge in [-0.25, -0.2) is 9.78 Å². The third kappa shape index (κ3) is 45.0. The van der Waals surface area contributed by atoms with Gasteiger partial charge in [0.1, 0.15) is 96.6 Å². The van der Waals surface area contributed by atoms with E-state index in [1.54, 1.807) is 48.7 Å².